The minimum Gasteiger partial charge on any atom is -0.461 e. The lowest BCUT2D eigenvalue weighted by atomic mass is 10.1. The van der Waals surface area contributed by atoms with E-state index in [-0.39, 0.29) is 5.97 Å². The van der Waals surface area contributed by atoms with E-state index in [4.69, 9.17) is 4.74 Å². The molecule has 1 heterocycles. The highest BCUT2D eigenvalue weighted by atomic mass is 32.1. The van der Waals surface area contributed by atoms with Crippen LogP contribution < -0.4 is 0 Å². The van der Waals surface area contributed by atoms with Gasteiger partial charge in [-0.2, -0.15) is 0 Å². The molecule has 0 bridgehead atoms. The van der Waals surface area contributed by atoms with E-state index < -0.39 is 0 Å². The molecule has 4 heteroatoms. The van der Waals surface area contributed by atoms with E-state index in [1.807, 2.05) is 6.92 Å². The Labute approximate surface area is 94.5 Å². The third-order valence-electron chi connectivity index (χ3n) is 1.99. The Morgan fingerprint density at radius 2 is 2.33 bits per heavy atom. The molecule has 0 aliphatic heterocycles. The van der Waals surface area contributed by atoms with E-state index in [0.29, 0.717) is 17.4 Å². The van der Waals surface area contributed by atoms with Gasteiger partial charge in [-0.25, -0.2) is 9.78 Å². The summed E-state index contributed by atoms with van der Waals surface area (Å²) in [6.45, 7) is 6.73. The number of carbonyl (C=O) groups is 1. The molecule has 0 radical (unpaired) electrons. The first-order chi connectivity index (χ1) is 7.13. The normalized spacial score (nSPS) is 10.7. The summed E-state index contributed by atoms with van der Waals surface area (Å²) in [4.78, 5) is 16.2. The van der Waals surface area contributed by atoms with E-state index in [1.54, 1.807) is 6.20 Å². The molecule has 0 fully saturated rings. The Balaban J connectivity index is 2.40. The molecule has 1 rings (SSSR count). The summed E-state index contributed by atoms with van der Waals surface area (Å²) in [5.41, 5.74) is 0. The summed E-state index contributed by atoms with van der Waals surface area (Å²) in [6, 6.07) is 0. The van der Waals surface area contributed by atoms with Crippen LogP contribution in [-0.2, 0) is 11.2 Å². The summed E-state index contributed by atoms with van der Waals surface area (Å²) in [7, 11) is 0. The quantitative estimate of drug-likeness (QED) is 0.726. The Morgan fingerprint density at radius 3 is 2.87 bits per heavy atom. The van der Waals surface area contributed by atoms with Crippen molar-refractivity contribution in [3.63, 3.8) is 0 Å². The zero-order chi connectivity index (χ0) is 11.3. The molecular formula is C11H17NO2S. The van der Waals surface area contributed by atoms with Crippen molar-refractivity contribution >= 4 is 17.3 Å². The standard InChI is InChI=1S/C11H17NO2S/c1-4-10-12-7-9(15-10)11(13)14-6-5-8(2)3/h7-8H,4-6H2,1-3H3. The molecule has 0 saturated heterocycles. The van der Waals surface area contributed by atoms with Gasteiger partial charge in [0, 0.05) is 0 Å². The number of thiazole rings is 1. The second-order valence-corrected chi connectivity index (χ2v) is 4.91. The fourth-order valence-electron chi connectivity index (χ4n) is 1.03. The van der Waals surface area contributed by atoms with Crippen LogP contribution in [0.2, 0.25) is 0 Å². The zero-order valence-electron chi connectivity index (χ0n) is 9.45. The number of carbonyl (C=O) groups excluding carboxylic acids is 1. The lowest BCUT2D eigenvalue weighted by molar-refractivity contribution is 0.0493. The summed E-state index contributed by atoms with van der Waals surface area (Å²) in [5.74, 6) is 0.318. The second-order valence-electron chi connectivity index (χ2n) is 3.79. The van der Waals surface area contributed by atoms with Gasteiger partial charge in [0.05, 0.1) is 17.8 Å². The highest BCUT2D eigenvalue weighted by molar-refractivity contribution is 7.13. The molecule has 1 aromatic heterocycles. The minimum absolute atomic E-state index is 0.243. The third kappa shape index (κ3) is 4.00. The predicted octanol–water partition coefficient (Wildman–Crippen LogP) is 2.91. The Bertz CT molecular complexity index is 320. The fourth-order valence-corrected chi connectivity index (χ4v) is 1.78. The number of aryl methyl sites for hydroxylation is 1. The van der Waals surface area contributed by atoms with Gasteiger partial charge in [-0.1, -0.05) is 20.8 Å². The van der Waals surface area contributed by atoms with Crippen molar-refractivity contribution in [3.05, 3.63) is 16.1 Å². The molecule has 0 aliphatic rings. The van der Waals surface area contributed by atoms with Gasteiger partial charge >= 0.3 is 5.97 Å². The average molecular weight is 227 g/mol. The summed E-state index contributed by atoms with van der Waals surface area (Å²) in [5, 5.41) is 0.978. The highest BCUT2D eigenvalue weighted by Gasteiger charge is 2.11. The first kappa shape index (κ1) is 12.2. The molecule has 15 heavy (non-hydrogen) atoms. The van der Waals surface area contributed by atoms with Crippen LogP contribution in [-0.4, -0.2) is 17.6 Å². The molecule has 84 valence electrons. The SMILES string of the molecule is CCc1ncc(C(=O)OCCC(C)C)s1. The molecular weight excluding hydrogens is 210 g/mol. The molecule has 0 unspecified atom stereocenters. The van der Waals surface area contributed by atoms with Crippen LogP contribution >= 0.6 is 11.3 Å². The fraction of sp³-hybridized carbons (Fsp3) is 0.636. The van der Waals surface area contributed by atoms with Crippen molar-refractivity contribution in [1.82, 2.24) is 4.98 Å². The Hall–Kier alpha value is -0.900. The molecule has 1 aromatic rings. The molecule has 0 saturated carbocycles. The number of aromatic nitrogens is 1. The number of hydrogen-bond acceptors (Lipinski definition) is 4. The Morgan fingerprint density at radius 1 is 1.60 bits per heavy atom. The number of rotatable bonds is 5. The van der Waals surface area contributed by atoms with E-state index in [1.165, 1.54) is 11.3 Å². The molecule has 0 N–H and O–H groups in total. The van der Waals surface area contributed by atoms with Crippen LogP contribution in [0.5, 0.6) is 0 Å². The first-order valence-corrected chi connectivity index (χ1v) is 6.07. The van der Waals surface area contributed by atoms with Crippen molar-refractivity contribution < 1.29 is 9.53 Å². The van der Waals surface area contributed by atoms with Gasteiger partial charge in [-0.15, -0.1) is 11.3 Å². The van der Waals surface area contributed by atoms with Crippen LogP contribution in [0.15, 0.2) is 6.20 Å². The molecule has 3 nitrogen and oxygen atoms in total. The monoisotopic (exact) mass is 227 g/mol. The van der Waals surface area contributed by atoms with Crippen molar-refractivity contribution in [3.8, 4) is 0 Å². The summed E-state index contributed by atoms with van der Waals surface area (Å²) in [6.07, 6.45) is 3.37. The van der Waals surface area contributed by atoms with E-state index >= 15 is 0 Å². The largest absolute Gasteiger partial charge is 0.461 e. The van der Waals surface area contributed by atoms with Gasteiger partial charge in [0.15, 0.2) is 0 Å². The number of hydrogen-bond donors (Lipinski definition) is 0. The number of ether oxygens (including phenoxy) is 1. The first-order valence-electron chi connectivity index (χ1n) is 5.25. The zero-order valence-corrected chi connectivity index (χ0v) is 10.3. The van der Waals surface area contributed by atoms with Crippen LogP contribution in [0.1, 0.15) is 41.9 Å². The van der Waals surface area contributed by atoms with Crippen molar-refractivity contribution in [1.29, 1.82) is 0 Å². The molecule has 0 atom stereocenters. The van der Waals surface area contributed by atoms with Crippen molar-refractivity contribution in [2.24, 2.45) is 5.92 Å². The summed E-state index contributed by atoms with van der Waals surface area (Å²) < 4.78 is 5.13. The number of nitrogens with zero attached hydrogens (tertiary/aromatic N) is 1. The van der Waals surface area contributed by atoms with Gasteiger partial charge < -0.3 is 4.74 Å². The topological polar surface area (TPSA) is 39.2 Å². The van der Waals surface area contributed by atoms with Gasteiger partial charge in [0.1, 0.15) is 4.88 Å². The Kier molecular flexibility index (Phi) is 4.75. The smallest absolute Gasteiger partial charge is 0.349 e. The van der Waals surface area contributed by atoms with Gasteiger partial charge in [-0.3, -0.25) is 0 Å². The maximum atomic E-state index is 11.5. The van der Waals surface area contributed by atoms with E-state index in [0.717, 1.165) is 17.8 Å². The van der Waals surface area contributed by atoms with Crippen LogP contribution in [0.4, 0.5) is 0 Å². The maximum Gasteiger partial charge on any atom is 0.349 e. The van der Waals surface area contributed by atoms with Crippen LogP contribution in [0.3, 0.4) is 0 Å². The van der Waals surface area contributed by atoms with E-state index in [9.17, 15) is 4.79 Å². The summed E-state index contributed by atoms with van der Waals surface area (Å²) >= 11 is 1.41. The predicted molar refractivity (Wildman–Crippen MR) is 61.2 cm³/mol. The van der Waals surface area contributed by atoms with Crippen molar-refractivity contribution in [2.75, 3.05) is 6.61 Å². The molecule has 0 amide bonds. The van der Waals surface area contributed by atoms with Crippen molar-refractivity contribution in [2.45, 2.75) is 33.6 Å². The van der Waals surface area contributed by atoms with Gasteiger partial charge in [-0.05, 0) is 18.8 Å². The third-order valence-corrected chi connectivity index (χ3v) is 3.11. The maximum absolute atomic E-state index is 11.5. The van der Waals surface area contributed by atoms with Crippen LogP contribution in [0, 0.1) is 5.92 Å². The number of esters is 1. The lowest BCUT2D eigenvalue weighted by Crippen LogP contribution is -2.06. The second kappa shape index (κ2) is 5.85. The molecule has 0 spiro atoms. The lowest BCUT2D eigenvalue weighted by Gasteiger charge is -2.04. The van der Waals surface area contributed by atoms with Gasteiger partial charge in [0.25, 0.3) is 0 Å². The van der Waals surface area contributed by atoms with Crippen LogP contribution in [0.25, 0.3) is 0 Å². The molecule has 0 aliphatic carbocycles. The minimum atomic E-state index is -0.243. The average Bonchev–Trinajstić information content (AvgIpc) is 2.65. The molecule has 0 aromatic carbocycles. The van der Waals surface area contributed by atoms with Gasteiger partial charge in [0.2, 0.25) is 0 Å². The highest BCUT2D eigenvalue weighted by Crippen LogP contribution is 2.14. The van der Waals surface area contributed by atoms with E-state index in [2.05, 4.69) is 18.8 Å².